The molecule has 0 bridgehead atoms. The van der Waals surface area contributed by atoms with Crippen molar-refractivity contribution in [3.05, 3.63) is 35.4 Å². The summed E-state index contributed by atoms with van der Waals surface area (Å²) in [4.78, 5) is 14.2. The van der Waals surface area contributed by atoms with Crippen LogP contribution in [0.4, 0.5) is 0 Å². The lowest BCUT2D eigenvalue weighted by atomic mass is 10.0. The molecule has 2 rings (SSSR count). The third kappa shape index (κ3) is 2.72. The predicted octanol–water partition coefficient (Wildman–Crippen LogP) is 1.94. The molecule has 1 unspecified atom stereocenters. The molecule has 0 radical (unpaired) electrons. The van der Waals surface area contributed by atoms with Crippen molar-refractivity contribution >= 4 is 5.91 Å². The van der Waals surface area contributed by atoms with E-state index in [0.717, 1.165) is 19.4 Å². The highest BCUT2D eigenvalue weighted by molar-refractivity contribution is 5.82. The predicted molar refractivity (Wildman–Crippen MR) is 73.0 cm³/mol. The van der Waals surface area contributed by atoms with E-state index in [0.29, 0.717) is 6.54 Å². The highest BCUT2D eigenvalue weighted by atomic mass is 16.2. The summed E-state index contributed by atoms with van der Waals surface area (Å²) in [5, 5.41) is 0. The van der Waals surface area contributed by atoms with Crippen LogP contribution in [0.2, 0.25) is 0 Å². The normalized spacial score (nSPS) is 17.2. The fraction of sp³-hybridized carbons (Fsp3) is 0.533. The van der Waals surface area contributed by atoms with Crippen LogP contribution in [-0.2, 0) is 17.8 Å². The number of fused-ring (bicyclic) bond motifs is 1. The summed E-state index contributed by atoms with van der Waals surface area (Å²) in [5.41, 5.74) is 8.60. The van der Waals surface area contributed by atoms with Crippen LogP contribution < -0.4 is 5.73 Å². The van der Waals surface area contributed by atoms with E-state index in [-0.39, 0.29) is 17.9 Å². The van der Waals surface area contributed by atoms with Crippen molar-refractivity contribution < 1.29 is 4.79 Å². The van der Waals surface area contributed by atoms with Crippen LogP contribution in [0.3, 0.4) is 0 Å². The van der Waals surface area contributed by atoms with Crippen molar-refractivity contribution in [3.63, 3.8) is 0 Å². The first-order valence-electron chi connectivity index (χ1n) is 6.70. The fourth-order valence-electron chi connectivity index (χ4n) is 2.38. The Morgan fingerprint density at radius 2 is 1.94 bits per heavy atom. The lowest BCUT2D eigenvalue weighted by Gasteiger charge is -2.26. The fourth-order valence-corrected chi connectivity index (χ4v) is 2.38. The van der Waals surface area contributed by atoms with Gasteiger partial charge >= 0.3 is 0 Å². The van der Waals surface area contributed by atoms with Crippen molar-refractivity contribution in [2.75, 3.05) is 6.54 Å². The Balaban J connectivity index is 2.15. The Morgan fingerprint density at radius 1 is 1.28 bits per heavy atom. The molecule has 0 spiro atoms. The third-order valence-corrected chi connectivity index (χ3v) is 3.67. The molecular formula is C15H22N2O. The van der Waals surface area contributed by atoms with E-state index in [2.05, 4.69) is 18.2 Å². The molecule has 3 heteroatoms. The molecule has 1 aromatic carbocycles. The van der Waals surface area contributed by atoms with Gasteiger partial charge in [0.2, 0.25) is 5.91 Å². The van der Waals surface area contributed by atoms with Gasteiger partial charge in [0.15, 0.2) is 0 Å². The SMILES string of the molecule is CC(C)C(N)C(=O)N1CCCc2ccccc2C1. The smallest absolute Gasteiger partial charge is 0.240 e. The molecule has 2 N–H and O–H groups in total. The summed E-state index contributed by atoms with van der Waals surface area (Å²) >= 11 is 0. The summed E-state index contributed by atoms with van der Waals surface area (Å²) in [5.74, 6) is 0.276. The summed E-state index contributed by atoms with van der Waals surface area (Å²) < 4.78 is 0. The van der Waals surface area contributed by atoms with Crippen LogP contribution in [-0.4, -0.2) is 23.4 Å². The Morgan fingerprint density at radius 3 is 2.61 bits per heavy atom. The molecule has 0 aliphatic carbocycles. The molecular weight excluding hydrogens is 224 g/mol. The Kier molecular flexibility index (Phi) is 4.02. The van der Waals surface area contributed by atoms with Gasteiger partial charge in [0.1, 0.15) is 0 Å². The highest BCUT2D eigenvalue weighted by Crippen LogP contribution is 2.19. The van der Waals surface area contributed by atoms with Crippen molar-refractivity contribution in [3.8, 4) is 0 Å². The first-order chi connectivity index (χ1) is 8.59. The van der Waals surface area contributed by atoms with Gasteiger partial charge in [-0.1, -0.05) is 38.1 Å². The lowest BCUT2D eigenvalue weighted by Crippen LogP contribution is -2.46. The Hall–Kier alpha value is -1.35. The van der Waals surface area contributed by atoms with Crippen LogP contribution in [0.1, 0.15) is 31.4 Å². The molecule has 3 nitrogen and oxygen atoms in total. The molecule has 1 aliphatic heterocycles. The number of aryl methyl sites for hydroxylation is 1. The van der Waals surface area contributed by atoms with Gasteiger partial charge in [-0.3, -0.25) is 4.79 Å². The zero-order valence-corrected chi connectivity index (χ0v) is 11.2. The first-order valence-corrected chi connectivity index (χ1v) is 6.70. The molecule has 1 aliphatic rings. The van der Waals surface area contributed by atoms with Gasteiger partial charge in [0.05, 0.1) is 6.04 Å². The van der Waals surface area contributed by atoms with E-state index in [4.69, 9.17) is 5.73 Å². The molecule has 0 saturated heterocycles. The lowest BCUT2D eigenvalue weighted by molar-refractivity contribution is -0.134. The van der Waals surface area contributed by atoms with E-state index >= 15 is 0 Å². The zero-order valence-electron chi connectivity index (χ0n) is 11.2. The molecule has 0 aromatic heterocycles. The average molecular weight is 246 g/mol. The third-order valence-electron chi connectivity index (χ3n) is 3.67. The molecule has 98 valence electrons. The van der Waals surface area contributed by atoms with Crippen LogP contribution in [0.15, 0.2) is 24.3 Å². The monoisotopic (exact) mass is 246 g/mol. The van der Waals surface area contributed by atoms with Crippen LogP contribution in [0.5, 0.6) is 0 Å². The molecule has 0 saturated carbocycles. The molecule has 0 fully saturated rings. The van der Waals surface area contributed by atoms with Gasteiger partial charge in [-0.25, -0.2) is 0 Å². The van der Waals surface area contributed by atoms with Gasteiger partial charge in [-0.15, -0.1) is 0 Å². The van der Waals surface area contributed by atoms with Gasteiger partial charge in [-0.2, -0.15) is 0 Å². The van der Waals surface area contributed by atoms with Crippen LogP contribution in [0, 0.1) is 5.92 Å². The van der Waals surface area contributed by atoms with E-state index in [1.54, 1.807) is 0 Å². The molecule has 1 atom stereocenters. The number of hydrogen-bond acceptors (Lipinski definition) is 2. The Bertz CT molecular complexity index is 428. The van der Waals surface area contributed by atoms with E-state index in [9.17, 15) is 4.79 Å². The average Bonchev–Trinajstić information content (AvgIpc) is 2.58. The number of amides is 1. The minimum absolute atomic E-state index is 0.0849. The summed E-state index contributed by atoms with van der Waals surface area (Å²) in [6.45, 7) is 5.51. The zero-order chi connectivity index (χ0) is 13.1. The minimum Gasteiger partial charge on any atom is -0.337 e. The number of nitrogens with two attached hydrogens (primary N) is 1. The molecule has 1 aromatic rings. The van der Waals surface area contributed by atoms with E-state index < -0.39 is 0 Å². The standard InChI is InChI=1S/C15H22N2O/c1-11(2)14(16)15(18)17-9-5-8-12-6-3-4-7-13(12)10-17/h3-4,6-7,11,14H,5,8-10,16H2,1-2H3. The number of carbonyl (C=O) groups is 1. The Labute approximate surface area is 109 Å². The first kappa shape index (κ1) is 13.1. The summed E-state index contributed by atoms with van der Waals surface area (Å²) in [6.07, 6.45) is 2.07. The molecule has 1 heterocycles. The number of nitrogens with zero attached hydrogens (tertiary/aromatic N) is 1. The van der Waals surface area contributed by atoms with Crippen molar-refractivity contribution in [1.29, 1.82) is 0 Å². The number of benzene rings is 1. The van der Waals surface area contributed by atoms with Crippen LogP contribution in [0.25, 0.3) is 0 Å². The molecule has 18 heavy (non-hydrogen) atoms. The maximum atomic E-state index is 12.3. The number of hydrogen-bond donors (Lipinski definition) is 1. The van der Waals surface area contributed by atoms with Crippen molar-refractivity contribution in [2.24, 2.45) is 11.7 Å². The van der Waals surface area contributed by atoms with Crippen molar-refractivity contribution in [2.45, 2.75) is 39.3 Å². The maximum Gasteiger partial charge on any atom is 0.240 e. The molecule has 1 amide bonds. The summed E-state index contributed by atoms with van der Waals surface area (Å²) in [6, 6.07) is 7.99. The van der Waals surface area contributed by atoms with E-state index in [1.807, 2.05) is 24.8 Å². The number of rotatable bonds is 2. The second-order valence-electron chi connectivity index (χ2n) is 5.40. The van der Waals surface area contributed by atoms with Crippen LogP contribution >= 0.6 is 0 Å². The largest absolute Gasteiger partial charge is 0.337 e. The topological polar surface area (TPSA) is 46.3 Å². The maximum absolute atomic E-state index is 12.3. The van der Waals surface area contributed by atoms with Gasteiger partial charge < -0.3 is 10.6 Å². The quantitative estimate of drug-likeness (QED) is 0.867. The second-order valence-corrected chi connectivity index (χ2v) is 5.40. The van der Waals surface area contributed by atoms with Gasteiger partial charge in [0, 0.05) is 13.1 Å². The minimum atomic E-state index is -0.379. The van der Waals surface area contributed by atoms with Gasteiger partial charge in [-0.05, 0) is 29.9 Å². The number of carbonyl (C=O) groups excluding carboxylic acids is 1. The summed E-state index contributed by atoms with van der Waals surface area (Å²) in [7, 11) is 0. The second kappa shape index (κ2) is 5.53. The van der Waals surface area contributed by atoms with Gasteiger partial charge in [0.25, 0.3) is 0 Å². The van der Waals surface area contributed by atoms with E-state index in [1.165, 1.54) is 11.1 Å². The van der Waals surface area contributed by atoms with Crippen molar-refractivity contribution in [1.82, 2.24) is 4.90 Å². The highest BCUT2D eigenvalue weighted by Gasteiger charge is 2.25.